The smallest absolute Gasteiger partial charge is 0.255 e. The van der Waals surface area contributed by atoms with Crippen LogP contribution in [0.4, 0.5) is 10.8 Å². The molecule has 140 valence electrons. The molecule has 1 aromatic heterocycles. The van der Waals surface area contributed by atoms with Gasteiger partial charge in [-0.25, -0.2) is 4.98 Å². The van der Waals surface area contributed by atoms with E-state index in [1.807, 2.05) is 39.0 Å². The number of hydrogen-bond acceptors (Lipinski definition) is 5. The highest BCUT2D eigenvalue weighted by Gasteiger charge is 2.17. The van der Waals surface area contributed by atoms with Gasteiger partial charge in [-0.15, -0.1) is 0 Å². The zero-order valence-electron chi connectivity index (χ0n) is 15.1. The van der Waals surface area contributed by atoms with Crippen molar-refractivity contribution >= 4 is 67.2 Å². The molecule has 0 saturated carbocycles. The summed E-state index contributed by atoms with van der Waals surface area (Å²) < 4.78 is 0.691. The third-order valence-corrected chi connectivity index (χ3v) is 5.82. The Morgan fingerprint density at radius 3 is 2.74 bits per heavy atom. The van der Waals surface area contributed by atoms with Crippen molar-refractivity contribution in [3.8, 4) is 0 Å². The summed E-state index contributed by atoms with van der Waals surface area (Å²) in [5, 5.41) is 8.49. The average molecular weight is 421 g/mol. The Balaban J connectivity index is 1.94. The number of amides is 1. The zero-order valence-corrected chi connectivity index (χ0v) is 17.4. The van der Waals surface area contributed by atoms with E-state index in [4.69, 9.17) is 23.2 Å². The minimum absolute atomic E-state index is 0.239. The largest absolute Gasteiger partial charge is 0.321 e. The van der Waals surface area contributed by atoms with E-state index in [1.54, 1.807) is 12.1 Å². The van der Waals surface area contributed by atoms with Gasteiger partial charge in [-0.05, 0) is 38.0 Å². The molecule has 0 fully saturated rings. The van der Waals surface area contributed by atoms with E-state index in [-0.39, 0.29) is 5.91 Å². The van der Waals surface area contributed by atoms with E-state index < -0.39 is 0 Å². The number of thiazole rings is 1. The zero-order chi connectivity index (χ0) is 19.6. The molecule has 0 radical (unpaired) electrons. The number of aromatic nitrogens is 1. The minimum atomic E-state index is -0.239. The summed E-state index contributed by atoms with van der Waals surface area (Å²) in [5.74, 6) is -0.239. The van der Waals surface area contributed by atoms with Crippen LogP contribution in [-0.2, 0) is 0 Å². The van der Waals surface area contributed by atoms with Crippen LogP contribution in [-0.4, -0.2) is 16.6 Å². The molecular weight excluding hydrogens is 403 g/mol. The van der Waals surface area contributed by atoms with Crippen LogP contribution in [0.5, 0.6) is 0 Å². The Kier molecular flexibility index (Phi) is 5.99. The van der Waals surface area contributed by atoms with Crippen molar-refractivity contribution in [1.82, 2.24) is 4.98 Å². The summed E-state index contributed by atoms with van der Waals surface area (Å²) in [7, 11) is 0. The van der Waals surface area contributed by atoms with Gasteiger partial charge in [-0.1, -0.05) is 59.7 Å². The van der Waals surface area contributed by atoms with Gasteiger partial charge in [0.05, 0.1) is 20.4 Å². The quantitative estimate of drug-likeness (QED) is 0.372. The Labute approximate surface area is 171 Å². The van der Waals surface area contributed by atoms with Crippen molar-refractivity contribution < 1.29 is 4.79 Å². The first-order chi connectivity index (χ1) is 12.9. The van der Waals surface area contributed by atoms with Gasteiger partial charge in [0.2, 0.25) is 5.13 Å². The second-order valence-electron chi connectivity index (χ2n) is 6.00. The van der Waals surface area contributed by atoms with E-state index in [9.17, 15) is 4.79 Å². The lowest BCUT2D eigenvalue weighted by atomic mass is 10.1. The topological polar surface area (TPSA) is 66.4 Å². The van der Waals surface area contributed by atoms with E-state index in [1.165, 1.54) is 11.3 Å². The van der Waals surface area contributed by atoms with Crippen molar-refractivity contribution in [2.24, 2.45) is 5.10 Å². The van der Waals surface area contributed by atoms with Gasteiger partial charge in [0.1, 0.15) is 5.52 Å². The van der Waals surface area contributed by atoms with Gasteiger partial charge in [-0.3, -0.25) is 10.2 Å². The SMILES string of the molecule is CC/C(C)=N/Nc1nc2c(Cl)cc(NC(=O)c3ccccc3C)c(Cl)c2s1. The summed E-state index contributed by atoms with van der Waals surface area (Å²) in [6.07, 6.45) is 0.842. The van der Waals surface area contributed by atoms with Crippen molar-refractivity contribution in [2.45, 2.75) is 27.2 Å². The number of benzene rings is 2. The Hall–Kier alpha value is -2.15. The molecule has 2 aromatic carbocycles. The maximum atomic E-state index is 12.6. The van der Waals surface area contributed by atoms with Crippen LogP contribution in [0.1, 0.15) is 36.2 Å². The first kappa shape index (κ1) is 19.6. The summed E-state index contributed by atoms with van der Waals surface area (Å²) in [5.41, 5.74) is 6.37. The molecule has 3 rings (SSSR count). The molecule has 8 heteroatoms. The normalized spacial score (nSPS) is 11.7. The highest BCUT2D eigenvalue weighted by atomic mass is 35.5. The van der Waals surface area contributed by atoms with E-state index in [2.05, 4.69) is 20.8 Å². The molecule has 0 aliphatic heterocycles. The summed E-state index contributed by atoms with van der Waals surface area (Å²) in [4.78, 5) is 17.0. The molecule has 0 saturated heterocycles. The number of hydrogen-bond donors (Lipinski definition) is 2. The van der Waals surface area contributed by atoms with Gasteiger partial charge in [-0.2, -0.15) is 5.10 Å². The van der Waals surface area contributed by atoms with Gasteiger partial charge < -0.3 is 5.32 Å². The minimum Gasteiger partial charge on any atom is -0.321 e. The molecule has 0 spiro atoms. The molecule has 3 aromatic rings. The number of aryl methyl sites for hydroxylation is 1. The number of fused-ring (bicyclic) bond motifs is 1. The molecule has 0 aliphatic rings. The van der Waals surface area contributed by atoms with Crippen LogP contribution in [0.15, 0.2) is 35.4 Å². The molecule has 1 heterocycles. The molecule has 2 N–H and O–H groups in total. The molecule has 0 aliphatic carbocycles. The van der Waals surface area contributed by atoms with Crippen molar-refractivity contribution in [2.75, 3.05) is 10.7 Å². The van der Waals surface area contributed by atoms with E-state index in [0.717, 1.165) is 17.7 Å². The van der Waals surface area contributed by atoms with Crippen LogP contribution >= 0.6 is 34.5 Å². The van der Waals surface area contributed by atoms with Crippen molar-refractivity contribution in [3.63, 3.8) is 0 Å². The van der Waals surface area contributed by atoms with Crippen LogP contribution in [0, 0.1) is 6.92 Å². The fourth-order valence-electron chi connectivity index (χ4n) is 2.39. The highest BCUT2D eigenvalue weighted by molar-refractivity contribution is 7.23. The van der Waals surface area contributed by atoms with Gasteiger partial charge in [0, 0.05) is 11.3 Å². The van der Waals surface area contributed by atoms with Crippen LogP contribution in [0.25, 0.3) is 10.2 Å². The first-order valence-electron chi connectivity index (χ1n) is 8.35. The summed E-state index contributed by atoms with van der Waals surface area (Å²) in [6, 6.07) is 8.97. The maximum Gasteiger partial charge on any atom is 0.255 e. The predicted octanol–water partition coefficient (Wildman–Crippen LogP) is 6.36. The van der Waals surface area contributed by atoms with Crippen LogP contribution in [0.2, 0.25) is 10.0 Å². The standard InChI is InChI=1S/C19H18Cl2N4OS/c1-4-11(3)24-25-19-23-16-13(20)9-14(15(21)17(16)27-19)22-18(26)12-8-6-5-7-10(12)2/h5-9H,4H2,1-3H3,(H,22,26)(H,23,25)/b24-11+. The van der Waals surface area contributed by atoms with E-state index in [0.29, 0.717) is 36.6 Å². The summed E-state index contributed by atoms with van der Waals surface area (Å²) in [6.45, 7) is 5.84. The highest BCUT2D eigenvalue weighted by Crippen LogP contribution is 2.41. The third-order valence-electron chi connectivity index (χ3n) is 4.05. The number of halogens is 2. The van der Waals surface area contributed by atoms with E-state index >= 15 is 0 Å². The van der Waals surface area contributed by atoms with Crippen LogP contribution in [0.3, 0.4) is 0 Å². The number of carbonyl (C=O) groups is 1. The molecule has 0 unspecified atom stereocenters. The molecule has 5 nitrogen and oxygen atoms in total. The van der Waals surface area contributed by atoms with Crippen molar-refractivity contribution in [1.29, 1.82) is 0 Å². The lowest BCUT2D eigenvalue weighted by Gasteiger charge is -2.10. The maximum absolute atomic E-state index is 12.6. The molecule has 27 heavy (non-hydrogen) atoms. The van der Waals surface area contributed by atoms with Crippen molar-refractivity contribution in [3.05, 3.63) is 51.5 Å². The second-order valence-corrected chi connectivity index (χ2v) is 7.78. The lowest BCUT2D eigenvalue weighted by molar-refractivity contribution is 0.102. The van der Waals surface area contributed by atoms with Crippen LogP contribution < -0.4 is 10.7 Å². The number of nitrogens with zero attached hydrogens (tertiary/aromatic N) is 2. The molecular formula is C19H18Cl2N4OS. The second kappa shape index (κ2) is 8.25. The molecule has 0 bridgehead atoms. The number of hydrazone groups is 1. The monoisotopic (exact) mass is 420 g/mol. The molecule has 1 amide bonds. The van der Waals surface area contributed by atoms with Gasteiger partial charge >= 0.3 is 0 Å². The third kappa shape index (κ3) is 4.24. The van der Waals surface area contributed by atoms with Gasteiger partial charge in [0.15, 0.2) is 0 Å². The number of nitrogens with one attached hydrogen (secondary N) is 2. The Bertz CT molecular complexity index is 1050. The van der Waals surface area contributed by atoms with Gasteiger partial charge in [0.25, 0.3) is 5.91 Å². The Morgan fingerprint density at radius 1 is 1.30 bits per heavy atom. The average Bonchev–Trinajstić information content (AvgIpc) is 3.09. The lowest BCUT2D eigenvalue weighted by Crippen LogP contribution is -2.13. The summed E-state index contributed by atoms with van der Waals surface area (Å²) >= 11 is 14.2. The number of carbonyl (C=O) groups excluding carboxylic acids is 1. The number of rotatable bonds is 5. The fourth-order valence-corrected chi connectivity index (χ4v) is 3.87. The Morgan fingerprint density at radius 2 is 2.04 bits per heavy atom. The number of anilines is 2. The predicted molar refractivity (Wildman–Crippen MR) is 116 cm³/mol. The first-order valence-corrected chi connectivity index (χ1v) is 9.92. The molecule has 0 atom stereocenters. The fraction of sp³-hybridized carbons (Fsp3) is 0.211.